The maximum atomic E-state index is 12.7. The van der Waals surface area contributed by atoms with Crippen LogP contribution in [0, 0.1) is 5.92 Å². The van der Waals surface area contributed by atoms with E-state index in [1.54, 1.807) is 26.0 Å². The molecule has 1 aliphatic rings. The van der Waals surface area contributed by atoms with E-state index in [1.807, 2.05) is 30.0 Å². The Balaban J connectivity index is 0.00000312. The van der Waals surface area contributed by atoms with Crippen molar-refractivity contribution in [1.82, 2.24) is 10.2 Å². The number of para-hydroxylation sites is 1. The molecule has 25 heavy (non-hydrogen) atoms. The molecule has 1 aromatic rings. The fraction of sp³-hybridized carbons (Fsp3) is 0.556. The van der Waals surface area contributed by atoms with Crippen LogP contribution in [0.4, 0.5) is 10.5 Å². The molecular weight excluding hydrogens is 340 g/mol. The average Bonchev–Trinajstić information content (AvgIpc) is 2.54. The van der Waals surface area contributed by atoms with Crippen LogP contribution in [0.2, 0.25) is 0 Å². The number of likely N-dealkylation sites (tertiary alicyclic amines) is 1. The topological polar surface area (TPSA) is 87.5 Å². The highest BCUT2D eigenvalue weighted by Gasteiger charge is 2.35. The Labute approximate surface area is 155 Å². The number of hydrogen-bond donors (Lipinski definition) is 3. The SMILES string of the molecule is CC(N)C1CCN(C(=O)C(C)(C)NC(=O)Nc2ccccc2)CC1.Cl. The van der Waals surface area contributed by atoms with E-state index >= 15 is 0 Å². The van der Waals surface area contributed by atoms with Gasteiger partial charge in [0.15, 0.2) is 0 Å². The van der Waals surface area contributed by atoms with Crippen molar-refractivity contribution in [2.24, 2.45) is 11.7 Å². The Bertz CT molecular complexity index is 570. The molecule has 1 unspecified atom stereocenters. The lowest BCUT2D eigenvalue weighted by atomic mass is 9.90. The number of anilines is 1. The van der Waals surface area contributed by atoms with Crippen LogP contribution < -0.4 is 16.4 Å². The van der Waals surface area contributed by atoms with E-state index in [-0.39, 0.29) is 30.4 Å². The Morgan fingerprint density at radius 2 is 1.76 bits per heavy atom. The molecule has 1 aliphatic heterocycles. The van der Waals surface area contributed by atoms with Crippen LogP contribution in [0.25, 0.3) is 0 Å². The number of nitrogens with zero attached hydrogens (tertiary/aromatic N) is 1. The number of rotatable bonds is 4. The minimum atomic E-state index is -0.958. The quantitative estimate of drug-likeness (QED) is 0.763. The van der Waals surface area contributed by atoms with Crippen molar-refractivity contribution < 1.29 is 9.59 Å². The molecule has 7 heteroatoms. The van der Waals surface area contributed by atoms with Crippen LogP contribution >= 0.6 is 12.4 Å². The Morgan fingerprint density at radius 1 is 1.20 bits per heavy atom. The molecule has 0 bridgehead atoms. The number of carbonyl (C=O) groups is 2. The van der Waals surface area contributed by atoms with Gasteiger partial charge in [-0.25, -0.2) is 4.79 Å². The van der Waals surface area contributed by atoms with Crippen LogP contribution in [0.15, 0.2) is 30.3 Å². The largest absolute Gasteiger partial charge is 0.341 e. The number of hydrogen-bond acceptors (Lipinski definition) is 3. The second-order valence-electron chi connectivity index (χ2n) is 7.06. The van der Waals surface area contributed by atoms with Gasteiger partial charge in [-0.3, -0.25) is 4.79 Å². The molecule has 140 valence electrons. The van der Waals surface area contributed by atoms with E-state index < -0.39 is 5.54 Å². The molecule has 4 N–H and O–H groups in total. The molecule has 2 rings (SSSR count). The lowest BCUT2D eigenvalue weighted by Gasteiger charge is -2.38. The maximum absolute atomic E-state index is 12.7. The van der Waals surface area contributed by atoms with Crippen LogP contribution in [0.1, 0.15) is 33.6 Å². The van der Waals surface area contributed by atoms with Crippen molar-refractivity contribution in [2.45, 2.75) is 45.2 Å². The Morgan fingerprint density at radius 3 is 2.28 bits per heavy atom. The summed E-state index contributed by atoms with van der Waals surface area (Å²) in [4.78, 5) is 26.7. The molecule has 0 aromatic heterocycles. The summed E-state index contributed by atoms with van der Waals surface area (Å²) in [5.74, 6) is 0.403. The van der Waals surface area contributed by atoms with Gasteiger partial charge in [0.2, 0.25) is 5.91 Å². The lowest BCUT2D eigenvalue weighted by molar-refractivity contribution is -0.138. The summed E-state index contributed by atoms with van der Waals surface area (Å²) in [6.45, 7) is 6.86. The van der Waals surface area contributed by atoms with Gasteiger partial charge in [0, 0.05) is 24.8 Å². The van der Waals surface area contributed by atoms with Crippen LogP contribution in [-0.2, 0) is 4.79 Å². The van der Waals surface area contributed by atoms with E-state index in [2.05, 4.69) is 10.6 Å². The summed E-state index contributed by atoms with van der Waals surface area (Å²) in [6, 6.07) is 8.93. The molecule has 6 nitrogen and oxygen atoms in total. The first-order valence-electron chi connectivity index (χ1n) is 8.49. The second kappa shape index (κ2) is 9.06. The number of halogens is 1. The summed E-state index contributed by atoms with van der Waals surface area (Å²) in [5, 5.41) is 5.51. The van der Waals surface area contributed by atoms with Gasteiger partial charge < -0.3 is 21.3 Å². The number of benzene rings is 1. The number of urea groups is 1. The molecule has 1 aromatic carbocycles. The molecule has 0 aliphatic carbocycles. The molecule has 1 heterocycles. The third-order valence-electron chi connectivity index (χ3n) is 4.56. The number of nitrogens with two attached hydrogens (primary N) is 1. The summed E-state index contributed by atoms with van der Waals surface area (Å²) < 4.78 is 0. The number of carbonyl (C=O) groups excluding carboxylic acids is 2. The first kappa shape index (κ1) is 21.3. The van der Waals surface area contributed by atoms with Crippen molar-refractivity contribution in [3.8, 4) is 0 Å². The number of piperidine rings is 1. The van der Waals surface area contributed by atoms with Crippen molar-refractivity contribution in [3.05, 3.63) is 30.3 Å². The predicted molar refractivity (Wildman–Crippen MR) is 103 cm³/mol. The third-order valence-corrected chi connectivity index (χ3v) is 4.56. The number of nitrogens with one attached hydrogen (secondary N) is 2. The normalized spacial score (nSPS) is 16.6. The third kappa shape index (κ3) is 5.90. The smallest absolute Gasteiger partial charge is 0.320 e. The van der Waals surface area contributed by atoms with E-state index in [0.717, 1.165) is 12.8 Å². The van der Waals surface area contributed by atoms with Gasteiger partial charge >= 0.3 is 6.03 Å². The lowest BCUT2D eigenvalue weighted by Crippen LogP contribution is -2.58. The van der Waals surface area contributed by atoms with E-state index in [1.165, 1.54) is 0 Å². The molecule has 1 atom stereocenters. The fourth-order valence-electron chi connectivity index (χ4n) is 3.04. The standard InChI is InChI=1S/C18H28N4O2.ClH/c1-13(19)14-9-11-22(12-10-14)16(23)18(2,3)21-17(24)20-15-7-5-4-6-8-15;/h4-8,13-14H,9-12,19H2,1-3H3,(H2,20,21,24);1H. The summed E-state index contributed by atoms with van der Waals surface area (Å²) in [5.41, 5.74) is 5.68. The van der Waals surface area contributed by atoms with Crippen LogP contribution in [-0.4, -0.2) is 41.5 Å². The van der Waals surface area contributed by atoms with Crippen molar-refractivity contribution in [3.63, 3.8) is 0 Å². The van der Waals surface area contributed by atoms with Gasteiger partial charge in [-0.2, -0.15) is 0 Å². The van der Waals surface area contributed by atoms with Crippen LogP contribution in [0.3, 0.4) is 0 Å². The highest BCUT2D eigenvalue weighted by atomic mass is 35.5. The van der Waals surface area contributed by atoms with Crippen molar-refractivity contribution in [2.75, 3.05) is 18.4 Å². The first-order valence-corrected chi connectivity index (χ1v) is 8.49. The van der Waals surface area contributed by atoms with Gasteiger partial charge in [0.25, 0.3) is 0 Å². The molecule has 0 radical (unpaired) electrons. The van der Waals surface area contributed by atoms with Gasteiger partial charge in [-0.05, 0) is 51.7 Å². The molecule has 0 spiro atoms. The minimum Gasteiger partial charge on any atom is -0.341 e. The van der Waals surface area contributed by atoms with Crippen molar-refractivity contribution >= 4 is 30.0 Å². The van der Waals surface area contributed by atoms with Gasteiger partial charge in [0.05, 0.1) is 0 Å². The second-order valence-corrected chi connectivity index (χ2v) is 7.06. The molecule has 1 fully saturated rings. The highest BCUT2D eigenvalue weighted by Crippen LogP contribution is 2.22. The fourth-order valence-corrected chi connectivity index (χ4v) is 3.04. The van der Waals surface area contributed by atoms with Gasteiger partial charge in [-0.15, -0.1) is 12.4 Å². The molecule has 0 saturated carbocycles. The molecular formula is C18H29ClN4O2. The molecule has 3 amide bonds. The van der Waals surface area contributed by atoms with E-state index in [9.17, 15) is 9.59 Å². The Kier molecular flexibility index (Phi) is 7.70. The maximum Gasteiger partial charge on any atom is 0.320 e. The van der Waals surface area contributed by atoms with Crippen molar-refractivity contribution in [1.29, 1.82) is 0 Å². The van der Waals surface area contributed by atoms with Gasteiger partial charge in [0.1, 0.15) is 5.54 Å². The van der Waals surface area contributed by atoms with E-state index in [0.29, 0.717) is 24.7 Å². The first-order chi connectivity index (χ1) is 11.3. The summed E-state index contributed by atoms with van der Waals surface area (Å²) in [6.07, 6.45) is 1.82. The van der Waals surface area contributed by atoms with E-state index in [4.69, 9.17) is 5.73 Å². The zero-order valence-electron chi connectivity index (χ0n) is 15.1. The monoisotopic (exact) mass is 368 g/mol. The minimum absolute atomic E-state index is 0. The summed E-state index contributed by atoms with van der Waals surface area (Å²) in [7, 11) is 0. The zero-order valence-corrected chi connectivity index (χ0v) is 15.9. The van der Waals surface area contributed by atoms with Gasteiger partial charge in [-0.1, -0.05) is 18.2 Å². The predicted octanol–water partition coefficient (Wildman–Crippen LogP) is 2.59. The molecule has 1 saturated heterocycles. The highest BCUT2D eigenvalue weighted by molar-refractivity contribution is 5.95. The zero-order chi connectivity index (χ0) is 17.7. The van der Waals surface area contributed by atoms with Crippen LogP contribution in [0.5, 0.6) is 0 Å². The average molecular weight is 369 g/mol. The Hall–Kier alpha value is -1.79. The number of amides is 3. The summed E-state index contributed by atoms with van der Waals surface area (Å²) >= 11 is 0.